The third kappa shape index (κ3) is 3.19. The van der Waals surface area contributed by atoms with Crippen molar-refractivity contribution in [2.24, 2.45) is 0 Å². The van der Waals surface area contributed by atoms with Crippen molar-refractivity contribution < 1.29 is 9.47 Å². The summed E-state index contributed by atoms with van der Waals surface area (Å²) in [7, 11) is 3.09. The maximum absolute atomic E-state index is 6.07. The summed E-state index contributed by atoms with van der Waals surface area (Å²) < 4.78 is 10.4. The van der Waals surface area contributed by atoms with Crippen LogP contribution in [0.5, 0.6) is 11.5 Å². The molecule has 0 saturated heterocycles. The second-order valence-electron chi connectivity index (χ2n) is 3.54. The minimum Gasteiger partial charge on any atom is -0.495 e. The maximum atomic E-state index is 6.07. The van der Waals surface area contributed by atoms with Gasteiger partial charge in [0, 0.05) is 6.07 Å². The van der Waals surface area contributed by atoms with E-state index in [0.717, 1.165) is 0 Å². The molecule has 0 fully saturated rings. The van der Waals surface area contributed by atoms with E-state index in [0.29, 0.717) is 33.2 Å². The third-order valence-electron chi connectivity index (χ3n) is 2.34. The van der Waals surface area contributed by atoms with Gasteiger partial charge in [0.1, 0.15) is 16.7 Å². The monoisotopic (exact) mass is 299 g/mol. The Morgan fingerprint density at radius 1 is 1.05 bits per heavy atom. The van der Waals surface area contributed by atoms with Crippen LogP contribution in [0, 0.1) is 0 Å². The molecule has 0 aliphatic carbocycles. The first-order valence-corrected chi connectivity index (χ1v) is 6.05. The molecule has 0 amide bonds. The fourth-order valence-corrected chi connectivity index (χ4v) is 1.89. The smallest absolute Gasteiger partial charge is 0.150 e. The summed E-state index contributed by atoms with van der Waals surface area (Å²) in [5.41, 5.74) is 0.643. The first kappa shape index (κ1) is 13.7. The summed E-state index contributed by atoms with van der Waals surface area (Å²) in [6.07, 6.45) is 2.99. The number of benzene rings is 1. The van der Waals surface area contributed by atoms with Gasteiger partial charge >= 0.3 is 0 Å². The number of nitrogens with one attached hydrogen (secondary N) is 1. The Bertz CT molecular complexity index is 593. The number of rotatable bonds is 4. The highest BCUT2D eigenvalue weighted by molar-refractivity contribution is 6.32. The lowest BCUT2D eigenvalue weighted by Gasteiger charge is -2.13. The summed E-state index contributed by atoms with van der Waals surface area (Å²) in [5.74, 6) is 1.59. The van der Waals surface area contributed by atoms with E-state index in [-0.39, 0.29) is 0 Å². The summed E-state index contributed by atoms with van der Waals surface area (Å²) in [5, 5.41) is 3.79. The quantitative estimate of drug-likeness (QED) is 0.936. The van der Waals surface area contributed by atoms with Crippen molar-refractivity contribution in [3.8, 4) is 11.5 Å². The van der Waals surface area contributed by atoms with E-state index in [4.69, 9.17) is 32.7 Å². The van der Waals surface area contributed by atoms with E-state index in [9.17, 15) is 0 Å². The molecule has 0 aliphatic heterocycles. The van der Waals surface area contributed by atoms with E-state index >= 15 is 0 Å². The van der Waals surface area contributed by atoms with Crippen LogP contribution in [0.4, 0.5) is 11.5 Å². The number of methoxy groups -OCH3 is 2. The van der Waals surface area contributed by atoms with Gasteiger partial charge < -0.3 is 14.8 Å². The topological polar surface area (TPSA) is 56.3 Å². The van der Waals surface area contributed by atoms with Crippen molar-refractivity contribution in [3.63, 3.8) is 0 Å². The standard InChI is InChI=1S/C12H11Cl2N3O2/c1-18-9-4-10(19-2)8(3-7(9)13)16-12-6-15-5-11(14)17-12/h3-6H,1-2H3,(H,16,17). The van der Waals surface area contributed by atoms with Crippen LogP contribution in [-0.4, -0.2) is 24.2 Å². The average Bonchev–Trinajstić information content (AvgIpc) is 2.39. The molecule has 19 heavy (non-hydrogen) atoms. The average molecular weight is 300 g/mol. The van der Waals surface area contributed by atoms with Gasteiger partial charge in [0.2, 0.25) is 0 Å². The zero-order chi connectivity index (χ0) is 13.8. The van der Waals surface area contributed by atoms with Crippen LogP contribution in [0.1, 0.15) is 0 Å². The van der Waals surface area contributed by atoms with E-state index < -0.39 is 0 Å². The molecule has 0 saturated carbocycles. The molecule has 2 rings (SSSR count). The van der Waals surface area contributed by atoms with Crippen LogP contribution in [0.15, 0.2) is 24.5 Å². The molecular weight excluding hydrogens is 289 g/mol. The molecule has 0 unspecified atom stereocenters. The van der Waals surface area contributed by atoms with Crippen molar-refractivity contribution in [1.29, 1.82) is 0 Å². The summed E-state index contributed by atoms with van der Waals surface area (Å²) in [6.45, 7) is 0. The molecule has 5 nitrogen and oxygen atoms in total. The Kier molecular flexibility index (Phi) is 4.29. The van der Waals surface area contributed by atoms with Gasteiger partial charge in [-0.25, -0.2) is 4.98 Å². The van der Waals surface area contributed by atoms with E-state index in [1.165, 1.54) is 13.3 Å². The molecule has 7 heteroatoms. The van der Waals surface area contributed by atoms with E-state index in [1.807, 2.05) is 0 Å². The first-order valence-electron chi connectivity index (χ1n) is 5.30. The molecule has 2 aromatic rings. The van der Waals surface area contributed by atoms with Crippen molar-refractivity contribution in [2.75, 3.05) is 19.5 Å². The normalized spacial score (nSPS) is 10.1. The van der Waals surface area contributed by atoms with Crippen LogP contribution >= 0.6 is 23.2 Å². The summed E-state index contributed by atoms with van der Waals surface area (Å²) in [6, 6.07) is 3.37. The van der Waals surface area contributed by atoms with Gasteiger partial charge in [-0.2, -0.15) is 0 Å². The van der Waals surface area contributed by atoms with Crippen LogP contribution < -0.4 is 14.8 Å². The number of aromatic nitrogens is 2. The van der Waals surface area contributed by atoms with Gasteiger partial charge in [-0.15, -0.1) is 0 Å². The largest absolute Gasteiger partial charge is 0.495 e. The zero-order valence-electron chi connectivity index (χ0n) is 10.3. The molecule has 100 valence electrons. The number of nitrogens with zero attached hydrogens (tertiary/aromatic N) is 2. The van der Waals surface area contributed by atoms with Gasteiger partial charge in [-0.05, 0) is 6.07 Å². The van der Waals surface area contributed by atoms with Crippen LogP contribution in [0.25, 0.3) is 0 Å². The second-order valence-corrected chi connectivity index (χ2v) is 4.33. The lowest BCUT2D eigenvalue weighted by molar-refractivity contribution is 0.396. The Hall–Kier alpha value is -1.72. The molecule has 0 radical (unpaired) electrons. The lowest BCUT2D eigenvalue weighted by Crippen LogP contribution is -1.98. The van der Waals surface area contributed by atoms with Gasteiger partial charge in [0.05, 0.1) is 37.3 Å². The van der Waals surface area contributed by atoms with Gasteiger partial charge in [0.25, 0.3) is 0 Å². The summed E-state index contributed by atoms with van der Waals surface area (Å²) >= 11 is 11.8. The van der Waals surface area contributed by atoms with E-state index in [1.54, 1.807) is 25.4 Å². The molecular formula is C12H11Cl2N3O2. The molecule has 1 heterocycles. The Balaban J connectivity index is 2.36. The highest BCUT2D eigenvalue weighted by atomic mass is 35.5. The Morgan fingerprint density at radius 2 is 1.79 bits per heavy atom. The molecule has 0 aliphatic rings. The minimum atomic E-state index is 0.295. The van der Waals surface area contributed by atoms with E-state index in [2.05, 4.69) is 15.3 Å². The van der Waals surface area contributed by atoms with Crippen molar-refractivity contribution >= 4 is 34.7 Å². The molecule has 1 aromatic heterocycles. The highest BCUT2D eigenvalue weighted by Gasteiger charge is 2.10. The zero-order valence-corrected chi connectivity index (χ0v) is 11.8. The number of halogens is 2. The minimum absolute atomic E-state index is 0.295. The Morgan fingerprint density at radius 3 is 2.42 bits per heavy atom. The highest BCUT2D eigenvalue weighted by Crippen LogP contribution is 2.37. The van der Waals surface area contributed by atoms with Gasteiger partial charge in [0.15, 0.2) is 5.82 Å². The SMILES string of the molecule is COc1cc(OC)c(Nc2cncc(Cl)n2)cc1Cl. The van der Waals surface area contributed by atoms with Gasteiger partial charge in [-0.3, -0.25) is 4.98 Å². The molecule has 1 aromatic carbocycles. The molecule has 1 N–H and O–H groups in total. The summed E-state index contributed by atoms with van der Waals surface area (Å²) in [4.78, 5) is 8.01. The van der Waals surface area contributed by atoms with Crippen LogP contribution in [-0.2, 0) is 0 Å². The van der Waals surface area contributed by atoms with Crippen molar-refractivity contribution in [1.82, 2.24) is 9.97 Å². The van der Waals surface area contributed by atoms with Crippen molar-refractivity contribution in [3.05, 3.63) is 34.7 Å². The third-order valence-corrected chi connectivity index (χ3v) is 2.82. The lowest BCUT2D eigenvalue weighted by atomic mass is 10.2. The fourth-order valence-electron chi connectivity index (χ4n) is 1.50. The predicted molar refractivity (Wildman–Crippen MR) is 74.9 cm³/mol. The van der Waals surface area contributed by atoms with Gasteiger partial charge in [-0.1, -0.05) is 23.2 Å². The van der Waals surface area contributed by atoms with Crippen LogP contribution in [0.2, 0.25) is 10.2 Å². The number of anilines is 2. The molecule has 0 spiro atoms. The van der Waals surface area contributed by atoms with Crippen molar-refractivity contribution in [2.45, 2.75) is 0 Å². The molecule has 0 atom stereocenters. The number of ether oxygens (including phenoxy) is 2. The second kappa shape index (κ2) is 5.95. The fraction of sp³-hybridized carbons (Fsp3) is 0.167. The number of hydrogen-bond acceptors (Lipinski definition) is 5. The maximum Gasteiger partial charge on any atom is 0.150 e. The molecule has 0 bridgehead atoms. The Labute approximate surface area is 120 Å². The predicted octanol–water partition coefficient (Wildman–Crippen LogP) is 3.54. The number of hydrogen-bond donors (Lipinski definition) is 1. The first-order chi connectivity index (χ1) is 9.13. The van der Waals surface area contributed by atoms with Crippen LogP contribution in [0.3, 0.4) is 0 Å².